The number of carbonyl (C=O) groups is 1. The Labute approximate surface area is 150 Å². The zero-order chi connectivity index (χ0) is 18.5. The fourth-order valence-electron chi connectivity index (χ4n) is 2.24. The predicted molar refractivity (Wildman–Crippen MR) is 94.7 cm³/mol. The molecule has 1 N–H and O–H groups in total. The van der Waals surface area contributed by atoms with Crippen LogP contribution in [0.15, 0.2) is 35.2 Å². The SMILES string of the molecule is Cc1nc(N(C)C)ncc1C(=O)NCCc1nc(-c2cccnc2)no1. The van der Waals surface area contributed by atoms with Crippen LogP contribution in [0.3, 0.4) is 0 Å². The van der Waals surface area contributed by atoms with Crippen LogP contribution in [0.2, 0.25) is 0 Å². The molecule has 3 aromatic rings. The molecule has 0 saturated heterocycles. The molecule has 0 atom stereocenters. The van der Waals surface area contributed by atoms with Crippen LogP contribution in [0.5, 0.6) is 0 Å². The zero-order valence-corrected chi connectivity index (χ0v) is 14.8. The van der Waals surface area contributed by atoms with Gasteiger partial charge >= 0.3 is 0 Å². The Balaban J connectivity index is 1.57. The average Bonchev–Trinajstić information content (AvgIpc) is 3.11. The Hall–Kier alpha value is -3.36. The highest BCUT2D eigenvalue weighted by atomic mass is 16.5. The van der Waals surface area contributed by atoms with Crippen molar-refractivity contribution < 1.29 is 9.32 Å². The van der Waals surface area contributed by atoms with Crippen molar-refractivity contribution in [2.75, 3.05) is 25.5 Å². The number of pyridine rings is 1. The number of hydrogen-bond donors (Lipinski definition) is 1. The van der Waals surface area contributed by atoms with Gasteiger partial charge in [-0.3, -0.25) is 9.78 Å². The molecule has 9 nitrogen and oxygen atoms in total. The molecule has 3 aromatic heterocycles. The van der Waals surface area contributed by atoms with E-state index in [1.165, 1.54) is 6.20 Å². The van der Waals surface area contributed by atoms with Crippen LogP contribution >= 0.6 is 0 Å². The van der Waals surface area contributed by atoms with Gasteiger partial charge in [-0.25, -0.2) is 9.97 Å². The summed E-state index contributed by atoms with van der Waals surface area (Å²) in [7, 11) is 3.69. The third kappa shape index (κ3) is 4.00. The molecule has 0 saturated carbocycles. The summed E-state index contributed by atoms with van der Waals surface area (Å²) in [5.41, 5.74) is 1.84. The van der Waals surface area contributed by atoms with Crippen molar-refractivity contribution in [2.45, 2.75) is 13.3 Å². The summed E-state index contributed by atoms with van der Waals surface area (Å²) in [6.45, 7) is 2.14. The van der Waals surface area contributed by atoms with Gasteiger partial charge in [0, 0.05) is 51.2 Å². The highest BCUT2D eigenvalue weighted by Crippen LogP contribution is 2.13. The van der Waals surface area contributed by atoms with E-state index >= 15 is 0 Å². The van der Waals surface area contributed by atoms with Gasteiger partial charge in [0.1, 0.15) is 0 Å². The lowest BCUT2D eigenvalue weighted by Crippen LogP contribution is -2.27. The maximum atomic E-state index is 12.3. The van der Waals surface area contributed by atoms with Gasteiger partial charge in [-0.15, -0.1) is 0 Å². The summed E-state index contributed by atoms with van der Waals surface area (Å²) in [6, 6.07) is 3.65. The lowest BCUT2D eigenvalue weighted by molar-refractivity contribution is 0.0952. The highest BCUT2D eigenvalue weighted by Gasteiger charge is 2.13. The monoisotopic (exact) mass is 353 g/mol. The largest absolute Gasteiger partial charge is 0.351 e. The van der Waals surface area contributed by atoms with E-state index in [0.717, 1.165) is 5.56 Å². The Bertz CT molecular complexity index is 893. The lowest BCUT2D eigenvalue weighted by atomic mass is 10.2. The average molecular weight is 353 g/mol. The molecule has 0 aliphatic rings. The summed E-state index contributed by atoms with van der Waals surface area (Å²) in [6.07, 6.45) is 5.29. The number of hydrogen-bond acceptors (Lipinski definition) is 8. The van der Waals surface area contributed by atoms with E-state index in [4.69, 9.17) is 4.52 Å². The fourth-order valence-corrected chi connectivity index (χ4v) is 2.24. The van der Waals surface area contributed by atoms with Crippen LogP contribution in [0.1, 0.15) is 21.9 Å². The molecule has 3 heterocycles. The fraction of sp³-hybridized carbons (Fsp3) is 0.294. The number of nitrogens with zero attached hydrogens (tertiary/aromatic N) is 6. The second kappa shape index (κ2) is 7.68. The molecule has 0 fully saturated rings. The number of nitrogens with one attached hydrogen (secondary N) is 1. The smallest absolute Gasteiger partial charge is 0.254 e. The van der Waals surface area contributed by atoms with Gasteiger partial charge in [-0.05, 0) is 19.1 Å². The molecular formula is C17H19N7O2. The van der Waals surface area contributed by atoms with Crippen LogP contribution in [0.25, 0.3) is 11.4 Å². The highest BCUT2D eigenvalue weighted by molar-refractivity contribution is 5.94. The first-order chi connectivity index (χ1) is 12.5. The van der Waals surface area contributed by atoms with E-state index in [1.807, 2.05) is 20.2 Å². The Kier molecular flexibility index (Phi) is 5.16. The van der Waals surface area contributed by atoms with Gasteiger partial charge < -0.3 is 14.7 Å². The molecule has 1 amide bonds. The van der Waals surface area contributed by atoms with Crippen molar-refractivity contribution in [3.05, 3.63) is 47.9 Å². The van der Waals surface area contributed by atoms with Gasteiger partial charge in [0.2, 0.25) is 17.7 Å². The molecule has 0 aliphatic heterocycles. The summed E-state index contributed by atoms with van der Waals surface area (Å²) in [5.74, 6) is 1.25. The van der Waals surface area contributed by atoms with Gasteiger partial charge in [0.15, 0.2) is 0 Å². The van der Waals surface area contributed by atoms with E-state index < -0.39 is 0 Å². The number of amides is 1. The van der Waals surface area contributed by atoms with Crippen LogP contribution in [0, 0.1) is 6.92 Å². The van der Waals surface area contributed by atoms with Crippen LogP contribution in [-0.4, -0.2) is 51.6 Å². The molecular weight excluding hydrogens is 334 g/mol. The normalized spacial score (nSPS) is 10.6. The second-order valence-electron chi connectivity index (χ2n) is 5.82. The number of anilines is 1. The minimum absolute atomic E-state index is 0.236. The van der Waals surface area contributed by atoms with Gasteiger partial charge in [0.25, 0.3) is 5.91 Å². The number of aromatic nitrogens is 5. The molecule has 9 heteroatoms. The molecule has 0 aromatic carbocycles. The Morgan fingerprint density at radius 2 is 2.12 bits per heavy atom. The molecule has 26 heavy (non-hydrogen) atoms. The standard InChI is InChI=1S/C17H19N7O2/c1-11-13(10-20-17(21-11)24(2)3)16(25)19-8-6-14-22-15(23-26-14)12-5-4-7-18-9-12/h4-5,7,9-10H,6,8H2,1-3H3,(H,19,25). The topological polar surface area (TPSA) is 110 Å². The number of rotatable bonds is 6. The molecule has 134 valence electrons. The van der Waals surface area contributed by atoms with E-state index in [1.54, 1.807) is 30.3 Å². The van der Waals surface area contributed by atoms with E-state index in [-0.39, 0.29) is 5.91 Å². The summed E-state index contributed by atoms with van der Waals surface area (Å²) < 4.78 is 5.20. The molecule has 0 bridgehead atoms. The Morgan fingerprint density at radius 3 is 2.81 bits per heavy atom. The maximum Gasteiger partial charge on any atom is 0.254 e. The number of aryl methyl sites for hydroxylation is 1. The summed E-state index contributed by atoms with van der Waals surface area (Å²) >= 11 is 0. The van der Waals surface area contributed by atoms with Gasteiger partial charge in [0.05, 0.1) is 11.3 Å². The summed E-state index contributed by atoms with van der Waals surface area (Å²) in [4.78, 5) is 30.9. The quantitative estimate of drug-likeness (QED) is 0.705. The van der Waals surface area contributed by atoms with E-state index in [0.29, 0.717) is 41.9 Å². The first-order valence-corrected chi connectivity index (χ1v) is 8.06. The van der Waals surface area contributed by atoms with Crippen LogP contribution in [0.4, 0.5) is 5.95 Å². The van der Waals surface area contributed by atoms with Crippen LogP contribution in [-0.2, 0) is 6.42 Å². The first kappa shape index (κ1) is 17.5. The maximum absolute atomic E-state index is 12.3. The van der Waals surface area contributed by atoms with Gasteiger partial charge in [-0.2, -0.15) is 4.98 Å². The van der Waals surface area contributed by atoms with Crippen molar-refractivity contribution in [1.29, 1.82) is 0 Å². The molecule has 0 radical (unpaired) electrons. The van der Waals surface area contributed by atoms with Crippen molar-refractivity contribution >= 4 is 11.9 Å². The second-order valence-corrected chi connectivity index (χ2v) is 5.82. The van der Waals surface area contributed by atoms with E-state index in [2.05, 4.69) is 30.4 Å². The third-order valence-electron chi connectivity index (χ3n) is 3.62. The van der Waals surface area contributed by atoms with Crippen LogP contribution < -0.4 is 10.2 Å². The van der Waals surface area contributed by atoms with Crippen molar-refractivity contribution in [2.24, 2.45) is 0 Å². The Morgan fingerprint density at radius 1 is 1.27 bits per heavy atom. The zero-order valence-electron chi connectivity index (χ0n) is 14.8. The molecule has 3 rings (SSSR count). The van der Waals surface area contributed by atoms with Gasteiger partial charge in [-0.1, -0.05) is 5.16 Å². The lowest BCUT2D eigenvalue weighted by Gasteiger charge is -2.12. The predicted octanol–water partition coefficient (Wildman–Crippen LogP) is 1.27. The van der Waals surface area contributed by atoms with Crippen molar-refractivity contribution in [3.63, 3.8) is 0 Å². The van der Waals surface area contributed by atoms with Crippen molar-refractivity contribution in [3.8, 4) is 11.4 Å². The minimum atomic E-state index is -0.236. The van der Waals surface area contributed by atoms with Crippen molar-refractivity contribution in [1.82, 2.24) is 30.4 Å². The molecule has 0 aliphatic carbocycles. The number of carbonyl (C=O) groups excluding carboxylic acids is 1. The first-order valence-electron chi connectivity index (χ1n) is 8.06. The summed E-state index contributed by atoms with van der Waals surface area (Å²) in [5, 5.41) is 6.73. The third-order valence-corrected chi connectivity index (χ3v) is 3.62. The molecule has 0 spiro atoms. The molecule has 0 unspecified atom stereocenters. The minimum Gasteiger partial charge on any atom is -0.351 e. The van der Waals surface area contributed by atoms with E-state index in [9.17, 15) is 4.79 Å².